The van der Waals surface area contributed by atoms with Gasteiger partial charge in [-0.05, 0) is 37.6 Å². The predicted octanol–water partition coefficient (Wildman–Crippen LogP) is 1.94. The molecule has 1 N–H and O–H groups in total. The topological polar surface area (TPSA) is 57.6 Å². The number of ketones is 1. The molecule has 1 aliphatic heterocycles. The van der Waals surface area contributed by atoms with Gasteiger partial charge in [0.25, 0.3) is 5.78 Å². The average Bonchev–Trinajstić information content (AvgIpc) is 2.39. The second-order valence-electron chi connectivity index (χ2n) is 4.67. The first-order valence-electron chi connectivity index (χ1n) is 6.26. The van der Waals surface area contributed by atoms with E-state index in [4.69, 9.17) is 5.11 Å². The van der Waals surface area contributed by atoms with E-state index in [0.717, 1.165) is 25.2 Å². The van der Waals surface area contributed by atoms with E-state index in [-0.39, 0.29) is 5.56 Å². The van der Waals surface area contributed by atoms with Crippen molar-refractivity contribution in [2.45, 2.75) is 25.8 Å². The van der Waals surface area contributed by atoms with Crippen LogP contribution >= 0.6 is 0 Å². The van der Waals surface area contributed by atoms with Crippen LogP contribution in [0.4, 0.5) is 0 Å². The van der Waals surface area contributed by atoms with Crippen molar-refractivity contribution in [2.24, 2.45) is 0 Å². The lowest BCUT2D eigenvalue weighted by molar-refractivity contribution is -0.131. The molecule has 1 heterocycles. The summed E-state index contributed by atoms with van der Waals surface area (Å²) in [5, 5.41) is 8.69. The van der Waals surface area contributed by atoms with Crippen molar-refractivity contribution in [2.75, 3.05) is 13.1 Å². The van der Waals surface area contributed by atoms with Crippen LogP contribution in [0.25, 0.3) is 0 Å². The predicted molar refractivity (Wildman–Crippen MR) is 67.5 cm³/mol. The third-order valence-corrected chi connectivity index (χ3v) is 3.24. The first-order chi connectivity index (χ1) is 8.66. The maximum Gasteiger partial charge on any atom is 0.377 e. The standard InChI is InChI=1S/C14H17NO3/c16-13(14(17)18)12-6-4-5-11(9-12)10-15-7-2-1-3-8-15/h4-6,9H,1-3,7-8,10H2,(H,17,18). The summed E-state index contributed by atoms with van der Waals surface area (Å²) in [6.07, 6.45) is 3.72. The Bertz CT molecular complexity index is 450. The van der Waals surface area contributed by atoms with Gasteiger partial charge >= 0.3 is 5.97 Å². The lowest BCUT2D eigenvalue weighted by Gasteiger charge is -2.26. The first-order valence-corrected chi connectivity index (χ1v) is 6.26. The number of carbonyl (C=O) groups excluding carboxylic acids is 1. The largest absolute Gasteiger partial charge is 0.475 e. The van der Waals surface area contributed by atoms with Gasteiger partial charge in [0.1, 0.15) is 0 Å². The molecule has 2 rings (SSSR count). The summed E-state index contributed by atoms with van der Waals surface area (Å²) in [5.41, 5.74) is 1.26. The number of rotatable bonds is 4. The van der Waals surface area contributed by atoms with Crippen LogP contribution in [-0.4, -0.2) is 34.8 Å². The van der Waals surface area contributed by atoms with Gasteiger partial charge in [-0.2, -0.15) is 0 Å². The van der Waals surface area contributed by atoms with Gasteiger partial charge < -0.3 is 5.11 Å². The van der Waals surface area contributed by atoms with Crippen LogP contribution in [0.2, 0.25) is 0 Å². The SMILES string of the molecule is O=C(O)C(=O)c1cccc(CN2CCCCC2)c1. The van der Waals surface area contributed by atoms with Crippen LogP contribution in [0, 0.1) is 0 Å². The van der Waals surface area contributed by atoms with Gasteiger partial charge in [-0.15, -0.1) is 0 Å². The summed E-state index contributed by atoms with van der Waals surface area (Å²) in [6.45, 7) is 2.95. The molecule has 0 unspecified atom stereocenters. The zero-order valence-corrected chi connectivity index (χ0v) is 10.3. The van der Waals surface area contributed by atoms with E-state index in [9.17, 15) is 9.59 Å². The summed E-state index contributed by atoms with van der Waals surface area (Å²) < 4.78 is 0. The van der Waals surface area contributed by atoms with Gasteiger partial charge in [0.05, 0.1) is 0 Å². The Labute approximate surface area is 106 Å². The fourth-order valence-electron chi connectivity index (χ4n) is 2.31. The molecule has 0 aliphatic carbocycles. The number of likely N-dealkylation sites (tertiary alicyclic amines) is 1. The summed E-state index contributed by atoms with van der Waals surface area (Å²) in [4.78, 5) is 24.4. The van der Waals surface area contributed by atoms with Crippen LogP contribution in [-0.2, 0) is 11.3 Å². The van der Waals surface area contributed by atoms with Crippen LogP contribution in [0.1, 0.15) is 35.2 Å². The van der Waals surface area contributed by atoms with Gasteiger partial charge in [-0.1, -0.05) is 24.6 Å². The number of hydrogen-bond donors (Lipinski definition) is 1. The van der Waals surface area contributed by atoms with E-state index >= 15 is 0 Å². The van der Waals surface area contributed by atoms with Crippen molar-refractivity contribution in [3.63, 3.8) is 0 Å². The number of carboxylic acid groups (broad SMARTS) is 1. The average molecular weight is 247 g/mol. The Balaban J connectivity index is 2.07. The minimum atomic E-state index is -1.40. The molecule has 4 heteroatoms. The molecule has 1 saturated heterocycles. The molecule has 0 bridgehead atoms. The Morgan fingerprint density at radius 2 is 1.89 bits per heavy atom. The molecule has 1 aliphatic rings. The smallest absolute Gasteiger partial charge is 0.377 e. The summed E-state index contributed by atoms with van der Waals surface area (Å²) in [7, 11) is 0. The molecular weight excluding hydrogens is 230 g/mol. The molecule has 1 aromatic carbocycles. The molecule has 0 aromatic heterocycles. The van der Waals surface area contributed by atoms with Crippen molar-refractivity contribution >= 4 is 11.8 Å². The fraction of sp³-hybridized carbons (Fsp3) is 0.429. The minimum Gasteiger partial charge on any atom is -0.475 e. The Kier molecular flexibility index (Phi) is 4.10. The van der Waals surface area contributed by atoms with Gasteiger partial charge in [0.15, 0.2) is 0 Å². The van der Waals surface area contributed by atoms with Gasteiger partial charge in [-0.25, -0.2) is 4.79 Å². The summed E-state index contributed by atoms with van der Waals surface area (Å²) in [5.74, 6) is -2.24. The zero-order chi connectivity index (χ0) is 13.0. The molecule has 1 aromatic rings. The number of hydrogen-bond acceptors (Lipinski definition) is 3. The van der Waals surface area contributed by atoms with Crippen LogP contribution in [0.3, 0.4) is 0 Å². The number of piperidine rings is 1. The molecule has 0 saturated carbocycles. The number of benzene rings is 1. The van der Waals surface area contributed by atoms with Crippen molar-refractivity contribution in [3.05, 3.63) is 35.4 Å². The van der Waals surface area contributed by atoms with Crippen molar-refractivity contribution < 1.29 is 14.7 Å². The molecule has 0 radical (unpaired) electrons. The third kappa shape index (κ3) is 3.17. The highest BCUT2D eigenvalue weighted by molar-refractivity contribution is 6.39. The second kappa shape index (κ2) is 5.78. The van der Waals surface area contributed by atoms with Crippen LogP contribution in [0.15, 0.2) is 24.3 Å². The lowest BCUT2D eigenvalue weighted by Crippen LogP contribution is -2.29. The van der Waals surface area contributed by atoms with E-state index in [1.165, 1.54) is 19.3 Å². The molecule has 0 amide bonds. The van der Waals surface area contributed by atoms with Gasteiger partial charge in [0, 0.05) is 12.1 Å². The summed E-state index contributed by atoms with van der Waals surface area (Å²) >= 11 is 0. The maximum absolute atomic E-state index is 11.4. The minimum absolute atomic E-state index is 0.261. The zero-order valence-electron chi connectivity index (χ0n) is 10.3. The van der Waals surface area contributed by atoms with E-state index in [1.807, 2.05) is 6.07 Å². The van der Waals surface area contributed by atoms with E-state index in [1.54, 1.807) is 18.2 Å². The lowest BCUT2D eigenvalue weighted by atomic mass is 10.1. The molecule has 18 heavy (non-hydrogen) atoms. The van der Waals surface area contributed by atoms with Gasteiger partial charge in [-0.3, -0.25) is 9.69 Å². The Hall–Kier alpha value is -1.68. The van der Waals surface area contributed by atoms with Crippen molar-refractivity contribution in [3.8, 4) is 0 Å². The highest BCUT2D eigenvalue weighted by Crippen LogP contribution is 2.14. The normalized spacial score (nSPS) is 16.4. The molecule has 1 fully saturated rings. The first kappa shape index (κ1) is 12.8. The van der Waals surface area contributed by atoms with Crippen LogP contribution in [0.5, 0.6) is 0 Å². The van der Waals surface area contributed by atoms with Gasteiger partial charge in [0.2, 0.25) is 0 Å². The van der Waals surface area contributed by atoms with Crippen LogP contribution < -0.4 is 0 Å². The molecule has 4 nitrogen and oxygen atoms in total. The molecule has 0 spiro atoms. The molecular formula is C14H17NO3. The summed E-state index contributed by atoms with van der Waals surface area (Å²) in [6, 6.07) is 6.92. The highest BCUT2D eigenvalue weighted by atomic mass is 16.4. The quantitative estimate of drug-likeness (QED) is 0.652. The second-order valence-corrected chi connectivity index (χ2v) is 4.67. The van der Waals surface area contributed by atoms with E-state index in [0.29, 0.717) is 0 Å². The fourth-order valence-corrected chi connectivity index (χ4v) is 2.31. The number of carboxylic acids is 1. The Morgan fingerprint density at radius 1 is 1.17 bits per heavy atom. The molecule has 96 valence electrons. The van der Waals surface area contributed by atoms with Crippen molar-refractivity contribution in [1.29, 1.82) is 0 Å². The third-order valence-electron chi connectivity index (χ3n) is 3.24. The molecule has 0 atom stereocenters. The highest BCUT2D eigenvalue weighted by Gasteiger charge is 2.15. The van der Waals surface area contributed by atoms with Crippen molar-refractivity contribution in [1.82, 2.24) is 4.90 Å². The number of carbonyl (C=O) groups is 2. The number of nitrogens with zero attached hydrogens (tertiary/aromatic N) is 1. The monoisotopic (exact) mass is 247 g/mol. The van der Waals surface area contributed by atoms with E-state index < -0.39 is 11.8 Å². The van der Waals surface area contributed by atoms with E-state index in [2.05, 4.69) is 4.90 Å². The Morgan fingerprint density at radius 3 is 2.56 bits per heavy atom. The number of aliphatic carboxylic acids is 1. The number of Topliss-reactive ketones (excluding diaryl/α,β-unsaturated/α-hetero) is 1. The maximum atomic E-state index is 11.4.